The molecule has 0 aliphatic carbocycles. The molecule has 134 valence electrons. The number of aromatic nitrogens is 3. The number of benzene rings is 2. The average Bonchev–Trinajstić information content (AvgIpc) is 2.72. The van der Waals surface area contributed by atoms with Crippen molar-refractivity contribution < 1.29 is 0 Å². The van der Waals surface area contributed by atoms with Gasteiger partial charge in [0.25, 0.3) is 5.56 Å². The lowest BCUT2D eigenvalue weighted by atomic mass is 10.1. The Morgan fingerprint density at radius 1 is 0.889 bits per heavy atom. The lowest BCUT2D eigenvalue weighted by molar-refractivity contribution is 0.566. The van der Waals surface area contributed by atoms with Crippen LogP contribution in [0.4, 0.5) is 0 Å². The van der Waals surface area contributed by atoms with Crippen LogP contribution in [0.15, 0.2) is 88.6 Å². The van der Waals surface area contributed by atoms with Crippen molar-refractivity contribution in [2.24, 2.45) is 0 Å². The molecule has 5 nitrogen and oxygen atoms in total. The second-order valence-corrected chi connectivity index (χ2v) is 6.49. The van der Waals surface area contributed by atoms with Crippen molar-refractivity contribution in [3.8, 4) is 0 Å². The molecule has 0 aliphatic heterocycles. The van der Waals surface area contributed by atoms with Crippen molar-refractivity contribution >= 4 is 11.0 Å². The van der Waals surface area contributed by atoms with E-state index in [0.29, 0.717) is 11.0 Å². The van der Waals surface area contributed by atoms with Crippen LogP contribution in [0.5, 0.6) is 0 Å². The molecular weight excluding hydrogens is 338 g/mol. The molecule has 4 rings (SSSR count). The normalized spacial score (nSPS) is 12.2. The third-order valence-corrected chi connectivity index (χ3v) is 4.78. The number of fused-ring (bicyclic) bond motifs is 1. The summed E-state index contributed by atoms with van der Waals surface area (Å²) in [7, 11) is 0. The maximum atomic E-state index is 13.3. The van der Waals surface area contributed by atoms with Crippen LogP contribution in [-0.2, 0) is 6.54 Å². The molecule has 1 atom stereocenters. The Hall–Kier alpha value is -3.47. The van der Waals surface area contributed by atoms with Crippen LogP contribution in [-0.4, -0.2) is 14.1 Å². The third kappa shape index (κ3) is 3.08. The zero-order chi connectivity index (χ0) is 18.8. The van der Waals surface area contributed by atoms with Gasteiger partial charge in [-0.2, -0.15) is 0 Å². The Kier molecular flexibility index (Phi) is 4.42. The largest absolute Gasteiger partial charge is 0.332 e. The van der Waals surface area contributed by atoms with Gasteiger partial charge in [0, 0.05) is 6.20 Å². The standard InChI is InChI=1S/C22H19N3O2/c1-16(18-11-6-3-7-12-18)25-19-13-8-14-23-20(19)21(26)24(22(25)27)15-17-9-4-2-5-10-17/h2-14,16H,15H2,1H3. The molecular formula is C22H19N3O2. The summed E-state index contributed by atoms with van der Waals surface area (Å²) in [4.78, 5) is 30.5. The minimum atomic E-state index is -0.365. The first-order valence-corrected chi connectivity index (χ1v) is 8.86. The predicted octanol–water partition coefficient (Wildman–Crippen LogP) is 3.22. The predicted molar refractivity (Wildman–Crippen MR) is 106 cm³/mol. The highest BCUT2D eigenvalue weighted by Crippen LogP contribution is 2.19. The molecule has 2 aromatic carbocycles. The molecule has 27 heavy (non-hydrogen) atoms. The zero-order valence-electron chi connectivity index (χ0n) is 14.9. The summed E-state index contributed by atoms with van der Waals surface area (Å²) in [5.74, 6) is 0. The molecule has 0 spiro atoms. The van der Waals surface area contributed by atoms with Crippen LogP contribution in [0, 0.1) is 0 Å². The van der Waals surface area contributed by atoms with Crippen LogP contribution in [0.2, 0.25) is 0 Å². The quantitative estimate of drug-likeness (QED) is 0.563. The molecule has 0 amide bonds. The van der Waals surface area contributed by atoms with Crippen molar-refractivity contribution in [3.63, 3.8) is 0 Å². The van der Waals surface area contributed by atoms with Crippen LogP contribution in [0.3, 0.4) is 0 Å². The molecule has 5 heteroatoms. The van der Waals surface area contributed by atoms with Crippen LogP contribution >= 0.6 is 0 Å². The molecule has 0 fully saturated rings. The van der Waals surface area contributed by atoms with Gasteiger partial charge >= 0.3 is 5.69 Å². The Morgan fingerprint density at radius 3 is 2.26 bits per heavy atom. The minimum Gasteiger partial charge on any atom is -0.284 e. The Morgan fingerprint density at radius 2 is 1.56 bits per heavy atom. The topological polar surface area (TPSA) is 56.9 Å². The van der Waals surface area contributed by atoms with Gasteiger partial charge in [-0.15, -0.1) is 0 Å². The van der Waals surface area contributed by atoms with Crippen molar-refractivity contribution in [3.05, 3.63) is 111 Å². The lowest BCUT2D eigenvalue weighted by Gasteiger charge is -2.20. The van der Waals surface area contributed by atoms with Gasteiger partial charge in [0.1, 0.15) is 0 Å². The molecule has 0 N–H and O–H groups in total. The smallest absolute Gasteiger partial charge is 0.284 e. The van der Waals surface area contributed by atoms with Crippen molar-refractivity contribution in [1.29, 1.82) is 0 Å². The molecule has 0 saturated carbocycles. The lowest BCUT2D eigenvalue weighted by Crippen LogP contribution is -2.41. The summed E-state index contributed by atoms with van der Waals surface area (Å²) in [6.45, 7) is 2.17. The summed E-state index contributed by atoms with van der Waals surface area (Å²) in [6.07, 6.45) is 1.58. The van der Waals surface area contributed by atoms with E-state index in [0.717, 1.165) is 11.1 Å². The molecule has 0 bridgehead atoms. The van der Waals surface area contributed by atoms with Crippen LogP contribution < -0.4 is 11.2 Å². The van der Waals surface area contributed by atoms with E-state index in [9.17, 15) is 9.59 Å². The zero-order valence-corrected chi connectivity index (χ0v) is 14.9. The monoisotopic (exact) mass is 357 g/mol. The molecule has 1 unspecified atom stereocenters. The summed E-state index contributed by atoms with van der Waals surface area (Å²) >= 11 is 0. The second kappa shape index (κ2) is 7.03. The Labute approximate surface area is 156 Å². The maximum absolute atomic E-state index is 13.3. The molecule has 4 aromatic rings. The van der Waals surface area contributed by atoms with E-state index >= 15 is 0 Å². The molecule has 2 heterocycles. The number of pyridine rings is 1. The highest BCUT2D eigenvalue weighted by Gasteiger charge is 2.19. The van der Waals surface area contributed by atoms with Crippen molar-refractivity contribution in [1.82, 2.24) is 14.1 Å². The van der Waals surface area contributed by atoms with Crippen LogP contribution in [0.25, 0.3) is 11.0 Å². The van der Waals surface area contributed by atoms with Gasteiger partial charge in [-0.3, -0.25) is 13.9 Å². The number of nitrogens with zero attached hydrogens (tertiary/aromatic N) is 3. The highest BCUT2D eigenvalue weighted by molar-refractivity contribution is 5.73. The first-order chi connectivity index (χ1) is 13.2. The summed E-state index contributed by atoms with van der Waals surface area (Å²) in [5, 5.41) is 0. The van der Waals surface area contributed by atoms with E-state index in [-0.39, 0.29) is 23.8 Å². The molecule has 0 saturated heterocycles. The molecule has 0 radical (unpaired) electrons. The molecule has 0 aliphatic rings. The van der Waals surface area contributed by atoms with Gasteiger partial charge in [0.15, 0.2) is 5.52 Å². The van der Waals surface area contributed by atoms with Gasteiger partial charge in [-0.05, 0) is 30.2 Å². The van der Waals surface area contributed by atoms with Crippen molar-refractivity contribution in [2.45, 2.75) is 19.5 Å². The first kappa shape index (κ1) is 17.0. The van der Waals surface area contributed by atoms with Gasteiger partial charge in [-0.25, -0.2) is 9.78 Å². The van der Waals surface area contributed by atoms with Gasteiger partial charge in [0.2, 0.25) is 0 Å². The maximum Gasteiger partial charge on any atom is 0.332 e. The number of hydrogen-bond donors (Lipinski definition) is 0. The van der Waals surface area contributed by atoms with Gasteiger partial charge in [-0.1, -0.05) is 60.7 Å². The van der Waals surface area contributed by atoms with Crippen molar-refractivity contribution in [2.75, 3.05) is 0 Å². The molecule has 2 aromatic heterocycles. The van der Waals surface area contributed by atoms with E-state index in [1.165, 1.54) is 4.57 Å². The van der Waals surface area contributed by atoms with Crippen LogP contribution in [0.1, 0.15) is 24.1 Å². The number of rotatable bonds is 4. The van der Waals surface area contributed by atoms with E-state index in [1.54, 1.807) is 22.9 Å². The van der Waals surface area contributed by atoms with Gasteiger partial charge < -0.3 is 0 Å². The number of hydrogen-bond acceptors (Lipinski definition) is 3. The first-order valence-electron chi connectivity index (χ1n) is 8.86. The SMILES string of the molecule is CC(c1ccccc1)n1c(=O)n(Cc2ccccc2)c(=O)c2ncccc21. The summed E-state index contributed by atoms with van der Waals surface area (Å²) < 4.78 is 2.92. The third-order valence-electron chi connectivity index (χ3n) is 4.78. The van der Waals surface area contributed by atoms with Gasteiger partial charge in [0.05, 0.1) is 18.1 Å². The fourth-order valence-corrected chi connectivity index (χ4v) is 3.36. The summed E-state index contributed by atoms with van der Waals surface area (Å²) in [6, 6.07) is 22.6. The van der Waals surface area contributed by atoms with E-state index in [4.69, 9.17) is 0 Å². The second-order valence-electron chi connectivity index (χ2n) is 6.49. The Balaban J connectivity index is 1.98. The summed E-state index contributed by atoms with van der Waals surface area (Å²) in [5.41, 5.74) is 2.04. The fourth-order valence-electron chi connectivity index (χ4n) is 3.36. The minimum absolute atomic E-state index is 0.215. The average molecular weight is 357 g/mol. The Bertz CT molecular complexity index is 1200. The van der Waals surface area contributed by atoms with E-state index in [2.05, 4.69) is 4.98 Å². The highest BCUT2D eigenvalue weighted by atomic mass is 16.2. The van der Waals surface area contributed by atoms with E-state index in [1.807, 2.05) is 67.6 Å². The fraction of sp³-hybridized carbons (Fsp3) is 0.136. The van der Waals surface area contributed by atoms with E-state index < -0.39 is 0 Å².